The third-order valence-electron chi connectivity index (χ3n) is 3.09. The average Bonchev–Trinajstić information content (AvgIpc) is 2.77. The van der Waals surface area contributed by atoms with Crippen molar-refractivity contribution in [2.75, 3.05) is 19.7 Å². The summed E-state index contributed by atoms with van der Waals surface area (Å²) >= 11 is 5.97. The molecule has 5 heteroatoms. The standard InChI is InChI=1S/C13H16ClNO3/c1-9-11(14)3-2-4-12(9)18-8-13(17)15-6-5-10(16)7-15/h2-4,10,16H,5-8H2,1H3/t10-/m1/s1. The maximum atomic E-state index is 11.8. The van der Waals surface area contributed by atoms with E-state index in [9.17, 15) is 9.90 Å². The summed E-state index contributed by atoms with van der Waals surface area (Å²) in [7, 11) is 0. The van der Waals surface area contributed by atoms with Crippen LogP contribution in [-0.4, -0.2) is 41.7 Å². The molecule has 1 aliphatic heterocycles. The maximum absolute atomic E-state index is 11.8. The monoisotopic (exact) mass is 269 g/mol. The van der Waals surface area contributed by atoms with Crippen molar-refractivity contribution in [3.05, 3.63) is 28.8 Å². The highest BCUT2D eigenvalue weighted by Gasteiger charge is 2.24. The molecular formula is C13H16ClNO3. The Kier molecular flexibility index (Phi) is 4.09. The van der Waals surface area contributed by atoms with Crippen LogP contribution in [-0.2, 0) is 4.79 Å². The van der Waals surface area contributed by atoms with Crippen LogP contribution in [0.4, 0.5) is 0 Å². The van der Waals surface area contributed by atoms with E-state index in [1.54, 1.807) is 23.1 Å². The summed E-state index contributed by atoms with van der Waals surface area (Å²) in [6.45, 7) is 2.82. The number of rotatable bonds is 3. The van der Waals surface area contributed by atoms with Gasteiger partial charge in [0.05, 0.1) is 6.10 Å². The maximum Gasteiger partial charge on any atom is 0.260 e. The zero-order valence-electron chi connectivity index (χ0n) is 10.2. The molecule has 1 aromatic rings. The van der Waals surface area contributed by atoms with Crippen molar-refractivity contribution in [2.45, 2.75) is 19.4 Å². The number of ether oxygens (including phenoxy) is 1. The highest BCUT2D eigenvalue weighted by molar-refractivity contribution is 6.31. The van der Waals surface area contributed by atoms with Crippen LogP contribution in [0, 0.1) is 6.92 Å². The van der Waals surface area contributed by atoms with Crippen LogP contribution in [0.3, 0.4) is 0 Å². The number of nitrogens with zero attached hydrogens (tertiary/aromatic N) is 1. The van der Waals surface area contributed by atoms with E-state index in [2.05, 4.69) is 0 Å². The van der Waals surface area contributed by atoms with E-state index in [1.165, 1.54) is 0 Å². The molecule has 0 aliphatic carbocycles. The van der Waals surface area contributed by atoms with Gasteiger partial charge < -0.3 is 14.7 Å². The molecule has 1 heterocycles. The first kappa shape index (κ1) is 13.2. The SMILES string of the molecule is Cc1c(Cl)cccc1OCC(=O)N1CC[C@@H](O)C1. The first-order valence-electron chi connectivity index (χ1n) is 5.91. The zero-order chi connectivity index (χ0) is 13.1. The number of benzene rings is 1. The minimum atomic E-state index is -0.401. The summed E-state index contributed by atoms with van der Waals surface area (Å²) in [5, 5.41) is 9.98. The summed E-state index contributed by atoms with van der Waals surface area (Å²) < 4.78 is 5.47. The molecule has 0 spiro atoms. The third-order valence-corrected chi connectivity index (χ3v) is 3.49. The molecule has 4 nitrogen and oxygen atoms in total. The Morgan fingerprint density at radius 3 is 3.06 bits per heavy atom. The Balaban J connectivity index is 1.91. The fourth-order valence-electron chi connectivity index (χ4n) is 1.94. The van der Waals surface area contributed by atoms with Crippen LogP contribution in [0.25, 0.3) is 0 Å². The molecule has 1 aliphatic rings. The number of aliphatic hydroxyl groups is 1. The molecule has 1 N–H and O–H groups in total. The molecule has 1 fully saturated rings. The molecule has 98 valence electrons. The lowest BCUT2D eigenvalue weighted by molar-refractivity contribution is -0.132. The molecule has 1 amide bonds. The van der Waals surface area contributed by atoms with Gasteiger partial charge in [-0.1, -0.05) is 17.7 Å². The van der Waals surface area contributed by atoms with E-state index < -0.39 is 6.10 Å². The van der Waals surface area contributed by atoms with Gasteiger partial charge in [0, 0.05) is 23.7 Å². The number of carbonyl (C=O) groups excluding carboxylic acids is 1. The second-order valence-electron chi connectivity index (χ2n) is 4.43. The smallest absolute Gasteiger partial charge is 0.260 e. The highest BCUT2D eigenvalue weighted by atomic mass is 35.5. The molecule has 0 unspecified atom stereocenters. The molecule has 1 saturated heterocycles. The molecule has 0 aromatic heterocycles. The van der Waals surface area contributed by atoms with Gasteiger partial charge in [-0.05, 0) is 25.5 Å². The van der Waals surface area contributed by atoms with Gasteiger partial charge in [0.25, 0.3) is 5.91 Å². The number of aliphatic hydroxyl groups excluding tert-OH is 1. The van der Waals surface area contributed by atoms with Crippen LogP contribution < -0.4 is 4.74 Å². The number of amides is 1. The number of β-amino-alcohol motifs (C(OH)–C–C–N with tert-alkyl or cyclic N) is 1. The van der Waals surface area contributed by atoms with Gasteiger partial charge in [0.15, 0.2) is 6.61 Å². The number of carbonyl (C=O) groups is 1. The third kappa shape index (κ3) is 2.94. The van der Waals surface area contributed by atoms with Crippen molar-refractivity contribution in [3.8, 4) is 5.75 Å². The van der Waals surface area contributed by atoms with Crippen molar-refractivity contribution in [1.82, 2.24) is 4.90 Å². The van der Waals surface area contributed by atoms with Gasteiger partial charge in [-0.15, -0.1) is 0 Å². The lowest BCUT2D eigenvalue weighted by Crippen LogP contribution is -2.33. The first-order valence-corrected chi connectivity index (χ1v) is 6.29. The lowest BCUT2D eigenvalue weighted by Gasteiger charge is -2.16. The molecule has 0 saturated carbocycles. The van der Waals surface area contributed by atoms with Crippen molar-refractivity contribution in [1.29, 1.82) is 0 Å². The Bertz CT molecular complexity index is 450. The van der Waals surface area contributed by atoms with E-state index in [0.717, 1.165) is 5.56 Å². The van der Waals surface area contributed by atoms with Gasteiger partial charge in [0.2, 0.25) is 0 Å². The van der Waals surface area contributed by atoms with Crippen LogP contribution in [0.5, 0.6) is 5.75 Å². The van der Waals surface area contributed by atoms with E-state index in [-0.39, 0.29) is 12.5 Å². The predicted octanol–water partition coefficient (Wildman–Crippen LogP) is 1.62. The van der Waals surface area contributed by atoms with Gasteiger partial charge in [-0.25, -0.2) is 0 Å². The molecule has 2 rings (SSSR count). The average molecular weight is 270 g/mol. The predicted molar refractivity (Wildman–Crippen MR) is 68.9 cm³/mol. The Labute approximate surface area is 111 Å². The van der Waals surface area contributed by atoms with E-state index in [1.807, 2.05) is 6.92 Å². The van der Waals surface area contributed by atoms with Crippen LogP contribution in [0.1, 0.15) is 12.0 Å². The fourth-order valence-corrected chi connectivity index (χ4v) is 2.11. The summed E-state index contributed by atoms with van der Waals surface area (Å²) in [5.74, 6) is 0.515. The summed E-state index contributed by atoms with van der Waals surface area (Å²) in [6.07, 6.45) is 0.240. The molecule has 0 radical (unpaired) electrons. The van der Waals surface area contributed by atoms with Crippen molar-refractivity contribution < 1.29 is 14.6 Å². The summed E-state index contributed by atoms with van der Waals surface area (Å²) in [6, 6.07) is 5.35. The van der Waals surface area contributed by atoms with E-state index in [0.29, 0.717) is 30.3 Å². The number of hydrogen-bond donors (Lipinski definition) is 1. The summed E-state index contributed by atoms with van der Waals surface area (Å²) in [5.41, 5.74) is 0.827. The Hall–Kier alpha value is -1.26. The minimum Gasteiger partial charge on any atom is -0.483 e. The van der Waals surface area contributed by atoms with Crippen LogP contribution in [0.15, 0.2) is 18.2 Å². The molecule has 0 bridgehead atoms. The summed E-state index contributed by atoms with van der Waals surface area (Å²) in [4.78, 5) is 13.4. The Morgan fingerprint density at radius 2 is 2.39 bits per heavy atom. The number of hydrogen-bond acceptors (Lipinski definition) is 3. The second kappa shape index (κ2) is 5.59. The second-order valence-corrected chi connectivity index (χ2v) is 4.84. The fraction of sp³-hybridized carbons (Fsp3) is 0.462. The van der Waals surface area contributed by atoms with Crippen molar-refractivity contribution in [3.63, 3.8) is 0 Å². The first-order chi connectivity index (χ1) is 8.58. The molecule has 18 heavy (non-hydrogen) atoms. The molecular weight excluding hydrogens is 254 g/mol. The van der Waals surface area contributed by atoms with Crippen molar-refractivity contribution >= 4 is 17.5 Å². The minimum absolute atomic E-state index is 0.0199. The van der Waals surface area contributed by atoms with Crippen LogP contribution >= 0.6 is 11.6 Å². The van der Waals surface area contributed by atoms with Gasteiger partial charge in [-0.3, -0.25) is 4.79 Å². The topological polar surface area (TPSA) is 49.8 Å². The van der Waals surface area contributed by atoms with Gasteiger partial charge in [0.1, 0.15) is 5.75 Å². The largest absolute Gasteiger partial charge is 0.483 e. The lowest BCUT2D eigenvalue weighted by atomic mass is 10.2. The quantitative estimate of drug-likeness (QED) is 0.907. The highest BCUT2D eigenvalue weighted by Crippen LogP contribution is 2.25. The van der Waals surface area contributed by atoms with Gasteiger partial charge >= 0.3 is 0 Å². The number of halogens is 1. The van der Waals surface area contributed by atoms with E-state index in [4.69, 9.17) is 16.3 Å². The van der Waals surface area contributed by atoms with Crippen LogP contribution in [0.2, 0.25) is 5.02 Å². The van der Waals surface area contributed by atoms with E-state index >= 15 is 0 Å². The molecule has 1 atom stereocenters. The normalized spacial score (nSPS) is 19.1. The zero-order valence-corrected chi connectivity index (χ0v) is 11.0. The Morgan fingerprint density at radius 1 is 1.61 bits per heavy atom. The number of likely N-dealkylation sites (tertiary alicyclic amines) is 1. The van der Waals surface area contributed by atoms with Gasteiger partial charge in [-0.2, -0.15) is 0 Å². The van der Waals surface area contributed by atoms with Crippen molar-refractivity contribution in [2.24, 2.45) is 0 Å². The molecule has 1 aromatic carbocycles.